The van der Waals surface area contributed by atoms with Gasteiger partial charge in [0.1, 0.15) is 28.1 Å². The van der Waals surface area contributed by atoms with Gasteiger partial charge in [0, 0.05) is 18.0 Å². The van der Waals surface area contributed by atoms with E-state index in [1.54, 1.807) is 26.8 Å². The van der Waals surface area contributed by atoms with Crippen molar-refractivity contribution in [3.63, 3.8) is 0 Å². The third kappa shape index (κ3) is 1.74. The zero-order chi connectivity index (χ0) is 25.8. The van der Waals surface area contributed by atoms with Crippen LogP contribution in [0.4, 0.5) is 0 Å². The lowest BCUT2D eigenvalue weighted by atomic mass is 9.52. The average Bonchev–Trinajstić information content (AvgIpc) is 3.41. The topological polar surface area (TPSA) is 173 Å². The fourth-order valence-corrected chi connectivity index (χ4v) is 9.56. The first-order chi connectivity index (χ1) is 16.0. The van der Waals surface area contributed by atoms with Crippen LogP contribution in [0.2, 0.25) is 0 Å². The molecule has 4 aliphatic carbocycles. The first kappa shape index (κ1) is 23.8. The van der Waals surface area contributed by atoms with Crippen LogP contribution in [0.1, 0.15) is 64.4 Å². The number of aromatic nitrogens is 1. The van der Waals surface area contributed by atoms with Gasteiger partial charge >= 0.3 is 5.97 Å². The van der Waals surface area contributed by atoms with Crippen molar-refractivity contribution in [3.8, 4) is 0 Å². The van der Waals surface area contributed by atoms with Gasteiger partial charge in [0.2, 0.25) is 0 Å². The van der Waals surface area contributed by atoms with E-state index in [0.29, 0.717) is 6.42 Å². The number of esters is 1. The molecule has 194 valence electrons. The molecule has 0 aromatic carbocycles. The van der Waals surface area contributed by atoms with E-state index in [9.17, 15) is 35.4 Å². The first-order valence-corrected chi connectivity index (χ1v) is 12.4. The van der Waals surface area contributed by atoms with Gasteiger partial charge in [0.25, 0.3) is 0 Å². The highest BCUT2D eigenvalue weighted by molar-refractivity contribution is 5.87. The zero-order valence-electron chi connectivity index (χ0n) is 20.6. The molecule has 6 fully saturated rings. The van der Waals surface area contributed by atoms with Gasteiger partial charge in [-0.1, -0.05) is 27.7 Å². The number of carbonyl (C=O) groups excluding carboxylic acids is 1. The molecule has 10 nitrogen and oxygen atoms in total. The van der Waals surface area contributed by atoms with E-state index in [-0.39, 0.29) is 18.5 Å². The van der Waals surface area contributed by atoms with E-state index >= 15 is 0 Å². The van der Waals surface area contributed by atoms with Crippen molar-refractivity contribution in [2.45, 2.75) is 99.9 Å². The quantitative estimate of drug-likeness (QED) is 0.282. The summed E-state index contributed by atoms with van der Waals surface area (Å²) in [5.74, 6) is -4.34. The predicted molar refractivity (Wildman–Crippen MR) is 119 cm³/mol. The molecule has 35 heavy (non-hydrogen) atoms. The highest BCUT2D eigenvalue weighted by atomic mass is 16.7. The minimum Gasteiger partial charge on any atom is -0.451 e. The normalized spacial score (nSPS) is 59.8. The Morgan fingerprint density at radius 3 is 2.43 bits per heavy atom. The second kappa shape index (κ2) is 5.96. The monoisotopic (exact) mass is 493 g/mol. The number of H-pyrrole nitrogens is 1. The van der Waals surface area contributed by atoms with Crippen LogP contribution < -0.4 is 0 Å². The third-order valence-corrected chi connectivity index (χ3v) is 11.3. The fourth-order valence-electron chi connectivity index (χ4n) is 9.56. The van der Waals surface area contributed by atoms with Crippen LogP contribution >= 0.6 is 0 Å². The number of aliphatic hydroxyl groups excluding tert-OH is 1. The van der Waals surface area contributed by atoms with E-state index < -0.39 is 74.6 Å². The molecule has 1 aromatic heterocycles. The van der Waals surface area contributed by atoms with Gasteiger partial charge in [-0.25, -0.2) is 4.79 Å². The Labute approximate surface area is 202 Å². The van der Waals surface area contributed by atoms with Crippen LogP contribution in [0.5, 0.6) is 0 Å². The van der Waals surface area contributed by atoms with E-state index in [4.69, 9.17) is 9.47 Å². The Morgan fingerprint density at radius 2 is 1.86 bits per heavy atom. The summed E-state index contributed by atoms with van der Waals surface area (Å²) >= 11 is 0. The van der Waals surface area contributed by atoms with Gasteiger partial charge in [-0.2, -0.15) is 0 Å². The molecule has 6 bridgehead atoms. The van der Waals surface area contributed by atoms with Crippen molar-refractivity contribution in [1.82, 2.24) is 4.98 Å². The number of hydrogen-bond acceptors (Lipinski definition) is 9. The SMILES string of the molecule is CC(C)[C@]1(O)[C@@H](OC(=O)c2ccc[nH]2)[C@@]2(O)[C@@]3(C)C[C@]4(O)O[C@@]5([C@H](O)[C@@H](C)CC[C@]35O)[C@@]2(O)C41C. The van der Waals surface area contributed by atoms with Gasteiger partial charge in [-0.15, -0.1) is 0 Å². The maximum absolute atomic E-state index is 13.2. The number of aromatic amines is 1. The Hall–Kier alpha value is -1.53. The summed E-state index contributed by atoms with van der Waals surface area (Å²) in [5.41, 5.74) is -15.2. The summed E-state index contributed by atoms with van der Waals surface area (Å²) in [4.78, 5) is 15.9. The first-order valence-electron chi connectivity index (χ1n) is 12.4. The van der Waals surface area contributed by atoms with E-state index in [1.165, 1.54) is 26.1 Å². The predicted octanol–water partition coefficient (Wildman–Crippen LogP) is -0.188. The van der Waals surface area contributed by atoms with Crippen LogP contribution in [0.15, 0.2) is 18.3 Å². The van der Waals surface area contributed by atoms with Gasteiger partial charge < -0.3 is 45.1 Å². The van der Waals surface area contributed by atoms with Gasteiger partial charge in [0.05, 0.1) is 11.5 Å². The van der Waals surface area contributed by atoms with Crippen molar-refractivity contribution >= 4 is 5.97 Å². The Bertz CT molecular complexity index is 1130. The second-order valence-electron chi connectivity index (χ2n) is 12.4. The molecule has 0 radical (unpaired) electrons. The Balaban J connectivity index is 1.69. The smallest absolute Gasteiger partial charge is 0.355 e. The van der Waals surface area contributed by atoms with Crippen molar-refractivity contribution in [2.75, 3.05) is 0 Å². The maximum atomic E-state index is 13.2. The Morgan fingerprint density at radius 1 is 1.20 bits per heavy atom. The van der Waals surface area contributed by atoms with Crippen molar-refractivity contribution in [3.05, 3.63) is 24.0 Å². The highest BCUT2D eigenvalue weighted by Crippen LogP contribution is 2.90. The summed E-state index contributed by atoms with van der Waals surface area (Å²) in [6.45, 7) is 7.91. The molecule has 7 rings (SSSR count). The summed E-state index contributed by atoms with van der Waals surface area (Å²) < 4.78 is 12.1. The number of hydrogen-bond donors (Lipinski definition) is 7. The number of ether oxygens (including phenoxy) is 2. The standard InChI is InChI=1S/C25H35NO9/c1-12(2)22(31)17(34-16(28)14-7-6-10-26-14)23(32)18(4)11-21(30)19(22,5)25(23,33)24(35-21)15(27)13(3)8-9-20(18,24)29/h6-7,10,12-13,15,17,26-27,29-33H,8-9,11H2,1-5H3/t13-,15+,17+,18-,19?,20-,21-,22-,23+,24+,25+/m0/s1. The molecule has 10 heteroatoms. The number of carbonyl (C=O) groups is 1. The summed E-state index contributed by atoms with van der Waals surface area (Å²) in [6, 6.07) is 3.06. The molecule has 1 aromatic rings. The highest BCUT2D eigenvalue weighted by Gasteiger charge is 3.10. The molecule has 6 aliphatic rings. The van der Waals surface area contributed by atoms with Crippen molar-refractivity contribution < 1.29 is 44.9 Å². The van der Waals surface area contributed by atoms with E-state index in [1.807, 2.05) is 0 Å². The molecule has 3 heterocycles. The summed E-state index contributed by atoms with van der Waals surface area (Å²) in [6.07, 6.45) is -1.63. The number of rotatable bonds is 3. The van der Waals surface area contributed by atoms with Crippen molar-refractivity contribution in [2.24, 2.45) is 22.7 Å². The molecule has 4 saturated carbocycles. The molecular formula is C25H35NO9. The van der Waals surface area contributed by atoms with Crippen LogP contribution in [0, 0.1) is 22.7 Å². The largest absolute Gasteiger partial charge is 0.451 e. The number of aliphatic hydroxyl groups is 6. The molecule has 2 aliphatic heterocycles. The Kier molecular flexibility index (Phi) is 4.06. The lowest BCUT2D eigenvalue weighted by molar-refractivity contribution is -0.390. The fraction of sp³-hybridized carbons (Fsp3) is 0.800. The number of nitrogens with one attached hydrogen (secondary N) is 1. The molecule has 0 amide bonds. The summed E-state index contributed by atoms with van der Waals surface area (Å²) in [7, 11) is 0. The molecule has 2 saturated heterocycles. The van der Waals surface area contributed by atoms with Crippen LogP contribution in [0.3, 0.4) is 0 Å². The second-order valence-corrected chi connectivity index (χ2v) is 12.4. The third-order valence-electron chi connectivity index (χ3n) is 11.3. The van der Waals surface area contributed by atoms with E-state index in [2.05, 4.69) is 4.98 Å². The van der Waals surface area contributed by atoms with Gasteiger partial charge in [-0.05, 0) is 43.7 Å². The molecule has 1 unspecified atom stereocenters. The van der Waals surface area contributed by atoms with Crippen LogP contribution in [0.25, 0.3) is 0 Å². The lowest BCUT2D eigenvalue weighted by Gasteiger charge is -2.60. The minimum absolute atomic E-state index is 0.0654. The maximum Gasteiger partial charge on any atom is 0.355 e. The van der Waals surface area contributed by atoms with Crippen LogP contribution in [-0.4, -0.2) is 87.6 Å². The van der Waals surface area contributed by atoms with Gasteiger partial charge in [-0.3, -0.25) is 0 Å². The minimum atomic E-state index is -2.59. The van der Waals surface area contributed by atoms with Crippen LogP contribution in [-0.2, 0) is 9.47 Å². The lowest BCUT2D eigenvalue weighted by Crippen LogP contribution is -2.75. The summed E-state index contributed by atoms with van der Waals surface area (Å²) in [5, 5.41) is 73.9. The molecule has 1 spiro atoms. The molecule has 11 atom stereocenters. The van der Waals surface area contributed by atoms with E-state index in [0.717, 1.165) is 0 Å². The van der Waals surface area contributed by atoms with Gasteiger partial charge in [0.15, 0.2) is 17.5 Å². The average molecular weight is 494 g/mol. The zero-order valence-corrected chi connectivity index (χ0v) is 20.6. The molecular weight excluding hydrogens is 458 g/mol. The van der Waals surface area contributed by atoms with Crippen molar-refractivity contribution in [1.29, 1.82) is 0 Å². The molecule has 7 N–H and O–H groups in total.